The molecule has 9 heteroatoms. The second-order valence-electron chi connectivity index (χ2n) is 3.57. The number of amides is 3. The van der Waals surface area contributed by atoms with Crippen LogP contribution in [0.2, 0.25) is 0 Å². The topological polar surface area (TPSA) is 121 Å². The van der Waals surface area contributed by atoms with Crippen LogP contribution in [0.1, 0.15) is 6.42 Å². The summed E-state index contributed by atoms with van der Waals surface area (Å²) in [7, 11) is -3.37. The molecule has 0 aliphatic carbocycles. The van der Waals surface area contributed by atoms with Crippen molar-refractivity contribution in [3.63, 3.8) is 0 Å². The highest BCUT2D eigenvalue weighted by Crippen LogP contribution is 2.10. The molecule has 1 unspecified atom stereocenters. The lowest BCUT2D eigenvalue weighted by Gasteiger charge is -2.17. The normalized spacial score (nSPS) is 17.1. The molecule has 18 heavy (non-hydrogen) atoms. The van der Waals surface area contributed by atoms with E-state index >= 15 is 0 Å². The first-order chi connectivity index (χ1) is 8.27. The zero-order valence-electron chi connectivity index (χ0n) is 9.49. The Hall–Kier alpha value is -1.74. The Morgan fingerprint density at radius 1 is 1.39 bits per heavy atom. The van der Waals surface area contributed by atoms with Crippen molar-refractivity contribution >= 4 is 27.8 Å². The highest BCUT2D eigenvalue weighted by atomic mass is 32.2. The molecule has 1 aliphatic rings. The van der Waals surface area contributed by atoms with Crippen LogP contribution in [0.25, 0.3) is 0 Å². The van der Waals surface area contributed by atoms with Crippen LogP contribution in [-0.4, -0.2) is 54.4 Å². The fourth-order valence-electron chi connectivity index (χ4n) is 1.47. The maximum absolute atomic E-state index is 11.3. The Morgan fingerprint density at radius 2 is 1.89 bits per heavy atom. The first kappa shape index (κ1) is 14.3. The second kappa shape index (κ2) is 5.27. The highest BCUT2D eigenvalue weighted by molar-refractivity contribution is 7.87. The molecule has 0 aromatic rings. The smallest absolute Gasteiger partial charge is 0.277 e. The summed E-state index contributed by atoms with van der Waals surface area (Å²) in [5.41, 5.74) is 0. The first-order valence-corrected chi connectivity index (χ1v) is 6.49. The van der Waals surface area contributed by atoms with Crippen molar-refractivity contribution in [2.24, 2.45) is 0 Å². The third-order valence-corrected chi connectivity index (χ3v) is 3.58. The Bertz CT molecular complexity index is 491. The average molecular weight is 276 g/mol. The zero-order valence-corrected chi connectivity index (χ0v) is 10.3. The van der Waals surface area contributed by atoms with Gasteiger partial charge in [-0.15, -0.1) is 0 Å². The van der Waals surface area contributed by atoms with E-state index in [1.54, 1.807) is 0 Å². The molecule has 1 aliphatic heterocycles. The van der Waals surface area contributed by atoms with Gasteiger partial charge in [0.05, 0.1) is 0 Å². The molecular formula is C9H12N2O6S. The van der Waals surface area contributed by atoms with E-state index in [2.05, 4.69) is 5.32 Å². The van der Waals surface area contributed by atoms with Crippen molar-refractivity contribution in [2.75, 3.05) is 13.6 Å². The molecule has 0 saturated carbocycles. The third kappa shape index (κ3) is 3.14. The summed E-state index contributed by atoms with van der Waals surface area (Å²) in [5.74, 6) is -2.05. The summed E-state index contributed by atoms with van der Waals surface area (Å²) in [6, 6.07) is 0. The van der Waals surface area contributed by atoms with Crippen molar-refractivity contribution in [3.8, 4) is 0 Å². The Labute approximate surface area is 103 Å². The number of nitrogens with zero attached hydrogens (tertiary/aromatic N) is 1. The molecule has 0 bridgehead atoms. The number of hydrogen-bond donors (Lipinski definition) is 2. The largest absolute Gasteiger partial charge is 0.358 e. The summed E-state index contributed by atoms with van der Waals surface area (Å²) in [4.78, 5) is 34.4. The van der Waals surface area contributed by atoms with Crippen molar-refractivity contribution in [2.45, 2.75) is 11.7 Å². The second-order valence-corrected chi connectivity index (χ2v) is 5.17. The van der Waals surface area contributed by atoms with Gasteiger partial charge in [-0.3, -0.25) is 23.8 Å². The van der Waals surface area contributed by atoms with Gasteiger partial charge in [0.2, 0.25) is 5.91 Å². The molecule has 0 aromatic heterocycles. The lowest BCUT2D eigenvalue weighted by Crippen LogP contribution is -2.41. The molecule has 0 spiro atoms. The molecule has 1 heterocycles. The number of nitrogens with one attached hydrogen (secondary N) is 1. The number of hydrogen-bond acceptors (Lipinski definition) is 5. The van der Waals surface area contributed by atoms with E-state index in [1.165, 1.54) is 7.05 Å². The predicted molar refractivity (Wildman–Crippen MR) is 59.9 cm³/mol. The van der Waals surface area contributed by atoms with Crippen molar-refractivity contribution in [3.05, 3.63) is 12.2 Å². The molecular weight excluding hydrogens is 264 g/mol. The van der Waals surface area contributed by atoms with Crippen molar-refractivity contribution in [1.82, 2.24) is 10.2 Å². The van der Waals surface area contributed by atoms with Crippen LogP contribution < -0.4 is 5.32 Å². The number of carbonyl (C=O) groups excluding carboxylic acids is 3. The highest BCUT2D eigenvalue weighted by Gasteiger charge is 2.32. The summed E-state index contributed by atoms with van der Waals surface area (Å²) in [6.45, 7) is -0.261. The zero-order chi connectivity index (χ0) is 13.9. The van der Waals surface area contributed by atoms with Crippen LogP contribution in [0, 0.1) is 0 Å². The van der Waals surface area contributed by atoms with Gasteiger partial charge in [-0.1, -0.05) is 0 Å². The number of rotatable bonds is 5. The Morgan fingerprint density at radius 3 is 2.28 bits per heavy atom. The number of carbonyl (C=O) groups is 3. The summed E-state index contributed by atoms with van der Waals surface area (Å²) in [5, 5.41) is 0.382. The SMILES string of the molecule is CNC(=O)C(CCN1C(=O)C=CC1=O)S(=O)(=O)O. The van der Waals surface area contributed by atoms with E-state index in [4.69, 9.17) is 4.55 Å². The van der Waals surface area contributed by atoms with Crippen LogP contribution in [0.4, 0.5) is 0 Å². The first-order valence-electron chi connectivity index (χ1n) is 4.99. The van der Waals surface area contributed by atoms with Gasteiger partial charge in [0.15, 0.2) is 5.25 Å². The van der Waals surface area contributed by atoms with E-state index in [-0.39, 0.29) is 13.0 Å². The fraction of sp³-hybridized carbons (Fsp3) is 0.444. The van der Waals surface area contributed by atoms with Gasteiger partial charge in [0.1, 0.15) is 0 Å². The van der Waals surface area contributed by atoms with E-state index in [0.717, 1.165) is 17.1 Å². The van der Waals surface area contributed by atoms with E-state index < -0.39 is 33.1 Å². The van der Waals surface area contributed by atoms with Crippen molar-refractivity contribution < 1.29 is 27.4 Å². The van der Waals surface area contributed by atoms with Gasteiger partial charge >= 0.3 is 0 Å². The molecule has 0 saturated heterocycles. The minimum atomic E-state index is -4.58. The van der Waals surface area contributed by atoms with E-state index in [1.807, 2.05) is 0 Å². The minimum Gasteiger partial charge on any atom is -0.358 e. The Kier molecular flexibility index (Phi) is 4.19. The minimum absolute atomic E-state index is 0.261. The molecule has 100 valence electrons. The summed E-state index contributed by atoms with van der Waals surface area (Å²) < 4.78 is 30.9. The van der Waals surface area contributed by atoms with Gasteiger partial charge in [-0.05, 0) is 6.42 Å². The van der Waals surface area contributed by atoms with Crippen LogP contribution in [0.15, 0.2) is 12.2 Å². The molecule has 3 amide bonds. The molecule has 1 atom stereocenters. The third-order valence-electron chi connectivity index (χ3n) is 2.41. The van der Waals surface area contributed by atoms with Gasteiger partial charge in [-0.25, -0.2) is 0 Å². The van der Waals surface area contributed by atoms with E-state index in [9.17, 15) is 22.8 Å². The van der Waals surface area contributed by atoms with Crippen molar-refractivity contribution in [1.29, 1.82) is 0 Å². The van der Waals surface area contributed by atoms with Crippen LogP contribution in [0.5, 0.6) is 0 Å². The lowest BCUT2D eigenvalue weighted by atomic mass is 10.2. The lowest BCUT2D eigenvalue weighted by molar-refractivity contribution is -0.137. The molecule has 0 fully saturated rings. The quantitative estimate of drug-likeness (QED) is 0.456. The summed E-state index contributed by atoms with van der Waals surface area (Å²) >= 11 is 0. The van der Waals surface area contributed by atoms with Gasteiger partial charge < -0.3 is 5.32 Å². The predicted octanol–water partition coefficient (Wildman–Crippen LogP) is -1.70. The molecule has 2 N–H and O–H groups in total. The maximum Gasteiger partial charge on any atom is 0.277 e. The fourth-order valence-corrected chi connectivity index (χ4v) is 2.27. The monoisotopic (exact) mass is 276 g/mol. The molecule has 8 nitrogen and oxygen atoms in total. The Balaban J connectivity index is 2.73. The standard InChI is InChI=1S/C9H12N2O6S/c1-10-9(14)6(18(15,16)17)4-5-11-7(12)2-3-8(11)13/h2-3,6H,4-5H2,1H3,(H,10,14)(H,15,16,17). The van der Waals surface area contributed by atoms with Gasteiger partial charge in [0.25, 0.3) is 21.9 Å². The summed E-state index contributed by atoms with van der Waals surface area (Å²) in [6.07, 6.45) is 1.73. The van der Waals surface area contributed by atoms with Crippen LogP contribution >= 0.6 is 0 Å². The molecule has 0 radical (unpaired) electrons. The molecule has 0 aromatic carbocycles. The maximum atomic E-state index is 11.3. The van der Waals surface area contributed by atoms with Crippen LogP contribution in [0.3, 0.4) is 0 Å². The average Bonchev–Trinajstić information content (AvgIpc) is 2.58. The van der Waals surface area contributed by atoms with Gasteiger partial charge in [-0.2, -0.15) is 8.42 Å². The molecule has 1 rings (SSSR count). The van der Waals surface area contributed by atoms with Crippen LogP contribution in [-0.2, 0) is 24.5 Å². The van der Waals surface area contributed by atoms with E-state index in [0.29, 0.717) is 0 Å². The van der Waals surface area contributed by atoms with Gasteiger partial charge in [0, 0.05) is 25.7 Å². The number of imide groups is 1.